The average molecular weight is 551 g/mol. The molecular weight excluding hydrogens is 520 g/mol. The number of rotatable bonds is 5. The third kappa shape index (κ3) is 2.94. The van der Waals surface area contributed by atoms with Crippen molar-refractivity contribution in [1.82, 2.24) is 5.16 Å². The number of aromatic nitrogens is 1. The van der Waals surface area contributed by atoms with Crippen molar-refractivity contribution < 1.29 is 28.4 Å². The summed E-state index contributed by atoms with van der Waals surface area (Å²) in [5.74, 6) is 3.94. The summed E-state index contributed by atoms with van der Waals surface area (Å²) >= 11 is 0. The van der Waals surface area contributed by atoms with Gasteiger partial charge in [0.2, 0.25) is 5.78 Å². The number of hydrogen-bond donors (Lipinski definition) is 1. The summed E-state index contributed by atoms with van der Waals surface area (Å²) in [7, 11) is 1.36. The molecule has 1 heterocycles. The topological polar surface area (TPSA) is 122 Å². The van der Waals surface area contributed by atoms with Crippen LogP contribution in [0.1, 0.15) is 69.4 Å². The molecule has 1 saturated carbocycles. The van der Waals surface area contributed by atoms with Crippen molar-refractivity contribution >= 4 is 23.0 Å². The van der Waals surface area contributed by atoms with Gasteiger partial charge in [-0.3, -0.25) is 14.4 Å². The molecule has 0 radical (unpaired) electrons. The average Bonchev–Trinajstić information content (AvgIpc) is 3.36. The first-order valence-electron chi connectivity index (χ1n) is 13.9. The monoisotopic (exact) mass is 550 g/mol. The second-order valence-electron chi connectivity index (χ2n) is 12.1. The lowest BCUT2D eigenvalue weighted by atomic mass is 9.37. The van der Waals surface area contributed by atoms with Gasteiger partial charge in [-0.2, -0.15) is 0 Å². The lowest BCUT2D eigenvalue weighted by Crippen LogP contribution is -2.75. The molecular formula is C33H30N2O6. The van der Waals surface area contributed by atoms with Crippen LogP contribution in [0.3, 0.4) is 0 Å². The number of nitrogen functional groups attached to an aromatic ring is 1. The fourth-order valence-corrected chi connectivity index (χ4v) is 7.88. The zero-order valence-electron chi connectivity index (χ0n) is 23.4. The molecule has 0 bridgehead atoms. The minimum Gasteiger partial charge on any atom is -0.470 e. The third-order valence-electron chi connectivity index (χ3n) is 9.83. The Hall–Kier alpha value is -4.22. The van der Waals surface area contributed by atoms with E-state index in [-0.39, 0.29) is 24.0 Å². The van der Waals surface area contributed by atoms with Gasteiger partial charge in [0.05, 0.1) is 5.41 Å². The molecule has 41 heavy (non-hydrogen) atoms. The summed E-state index contributed by atoms with van der Waals surface area (Å²) in [4.78, 5) is 43.9. The Morgan fingerprint density at radius 3 is 2.49 bits per heavy atom. The first-order chi connectivity index (χ1) is 19.6. The Morgan fingerprint density at radius 1 is 1.07 bits per heavy atom. The number of carbonyl (C=O) groups excluding carboxylic acids is 3. The highest BCUT2D eigenvalue weighted by atomic mass is 16.5. The van der Waals surface area contributed by atoms with E-state index in [1.807, 2.05) is 51.1 Å². The number of ketones is 3. The summed E-state index contributed by atoms with van der Waals surface area (Å²) in [6.07, 6.45) is 0.650. The minimum absolute atomic E-state index is 0.0140. The number of Topliss-reactive ketones (excluding diaryl/α,β-unsaturated/α-hetero) is 3. The Morgan fingerprint density at radius 2 is 1.83 bits per heavy atom. The van der Waals surface area contributed by atoms with E-state index in [1.165, 1.54) is 7.11 Å². The number of methoxy groups -OCH3 is 1. The highest BCUT2D eigenvalue weighted by Gasteiger charge is 2.79. The van der Waals surface area contributed by atoms with Crippen LogP contribution in [-0.2, 0) is 22.6 Å². The Bertz CT molecular complexity index is 1730. The van der Waals surface area contributed by atoms with E-state index in [0.717, 1.165) is 16.7 Å². The number of aryl methyl sites for hydroxylation is 1. The molecule has 5 unspecified atom stereocenters. The van der Waals surface area contributed by atoms with Gasteiger partial charge in [0, 0.05) is 30.2 Å². The molecule has 1 fully saturated rings. The lowest BCUT2D eigenvalue weighted by Gasteiger charge is -2.61. The molecule has 7 rings (SSSR count). The van der Waals surface area contributed by atoms with Crippen LogP contribution >= 0.6 is 0 Å². The number of carbonyl (C=O) groups is 3. The van der Waals surface area contributed by atoms with Crippen LogP contribution in [0.4, 0.5) is 5.69 Å². The second kappa shape index (κ2) is 8.40. The van der Waals surface area contributed by atoms with Crippen LogP contribution in [0.25, 0.3) is 0 Å². The predicted octanol–water partition coefficient (Wildman–Crippen LogP) is 4.48. The number of ether oxygens (including phenoxy) is 2. The highest BCUT2D eigenvalue weighted by molar-refractivity contribution is 6.32. The lowest BCUT2D eigenvalue weighted by molar-refractivity contribution is -0.168. The van der Waals surface area contributed by atoms with Crippen molar-refractivity contribution in [2.24, 2.45) is 22.7 Å². The van der Waals surface area contributed by atoms with Crippen LogP contribution in [0.15, 0.2) is 47.0 Å². The molecule has 8 heteroatoms. The molecule has 1 aromatic heterocycles. The Balaban J connectivity index is 1.40. The van der Waals surface area contributed by atoms with Gasteiger partial charge in [-0.15, -0.1) is 0 Å². The van der Waals surface area contributed by atoms with Crippen LogP contribution in [0.2, 0.25) is 0 Å². The van der Waals surface area contributed by atoms with Crippen molar-refractivity contribution in [2.45, 2.75) is 51.7 Å². The van der Waals surface area contributed by atoms with E-state index in [1.54, 1.807) is 12.1 Å². The number of hydrogen-bond acceptors (Lipinski definition) is 8. The van der Waals surface area contributed by atoms with Gasteiger partial charge in [-0.1, -0.05) is 62.1 Å². The van der Waals surface area contributed by atoms with E-state index >= 15 is 0 Å². The molecule has 3 aromatic rings. The number of benzene rings is 2. The molecule has 0 amide bonds. The van der Waals surface area contributed by atoms with Crippen molar-refractivity contribution in [3.63, 3.8) is 0 Å². The van der Waals surface area contributed by atoms with E-state index in [9.17, 15) is 14.4 Å². The number of nitrogens with zero attached hydrogens (tertiary/aromatic N) is 1. The van der Waals surface area contributed by atoms with E-state index in [2.05, 4.69) is 17.0 Å². The summed E-state index contributed by atoms with van der Waals surface area (Å²) in [5.41, 5.74) is 5.11. The third-order valence-corrected chi connectivity index (χ3v) is 9.83. The van der Waals surface area contributed by atoms with Crippen LogP contribution in [0, 0.1) is 41.4 Å². The zero-order valence-corrected chi connectivity index (χ0v) is 23.4. The summed E-state index contributed by atoms with van der Waals surface area (Å²) in [6, 6.07) is 13.1. The summed E-state index contributed by atoms with van der Waals surface area (Å²) in [6.45, 7) is 6.01. The van der Waals surface area contributed by atoms with E-state index < -0.39 is 45.6 Å². The normalized spacial score (nSPS) is 30.7. The van der Waals surface area contributed by atoms with Crippen LogP contribution in [-0.4, -0.2) is 35.2 Å². The predicted molar refractivity (Wildman–Crippen MR) is 148 cm³/mol. The fourth-order valence-electron chi connectivity index (χ4n) is 7.88. The van der Waals surface area contributed by atoms with Crippen molar-refractivity contribution in [1.29, 1.82) is 0 Å². The van der Waals surface area contributed by atoms with E-state index in [0.29, 0.717) is 29.9 Å². The zero-order chi connectivity index (χ0) is 28.9. The largest absolute Gasteiger partial charge is 0.470 e. The van der Waals surface area contributed by atoms with Gasteiger partial charge < -0.3 is 19.7 Å². The van der Waals surface area contributed by atoms with Gasteiger partial charge in [0.25, 0.3) is 5.88 Å². The van der Waals surface area contributed by atoms with Gasteiger partial charge in [0.15, 0.2) is 28.3 Å². The van der Waals surface area contributed by atoms with Gasteiger partial charge in [-0.05, 0) is 53.6 Å². The maximum absolute atomic E-state index is 15.0. The van der Waals surface area contributed by atoms with Crippen LogP contribution < -0.4 is 10.5 Å². The van der Waals surface area contributed by atoms with Crippen molar-refractivity contribution in [2.75, 3.05) is 12.8 Å². The van der Waals surface area contributed by atoms with Gasteiger partial charge >= 0.3 is 0 Å². The molecule has 0 spiro atoms. The Kier molecular flexibility index (Phi) is 5.27. The maximum Gasteiger partial charge on any atom is 0.265 e. The Labute approximate surface area is 237 Å². The smallest absolute Gasteiger partial charge is 0.265 e. The standard InChI is InChI=1S/C33H30N2O6/c1-17(2)23-21-15-31-12-13-32(31,27(36)24-18(3)10-11-22(34)20(24)14-31)30(38)33(21,39-4)28(37)25-26(23)41-35-29(25)40-16-19-8-6-5-7-9-19/h5-11,17,21,23H,14-16,34H2,1-4H3. The minimum atomic E-state index is -1.95. The highest BCUT2D eigenvalue weighted by Crippen LogP contribution is 2.68. The second-order valence-corrected chi connectivity index (χ2v) is 12.1. The molecule has 8 nitrogen and oxygen atoms in total. The fraction of sp³-hybridized carbons (Fsp3) is 0.394. The van der Waals surface area contributed by atoms with E-state index in [4.69, 9.17) is 19.7 Å². The molecule has 2 aromatic carbocycles. The molecule has 208 valence electrons. The molecule has 4 aliphatic rings. The summed E-state index contributed by atoms with van der Waals surface area (Å²) in [5, 5.41) is 4.16. The first-order valence-corrected chi connectivity index (χ1v) is 13.9. The molecule has 2 N–H and O–H groups in total. The SMILES string of the molecule is COC12C(=O)c3c(OCc4ccccc4)noc3C(C(C)C)C1CC13C#CC1(C(=O)c1c(C)ccc(N)c1C3)C2=O. The maximum atomic E-state index is 15.0. The first kappa shape index (κ1) is 25.7. The molecule has 4 aliphatic carbocycles. The summed E-state index contributed by atoms with van der Waals surface area (Å²) < 4.78 is 17.9. The molecule has 0 saturated heterocycles. The van der Waals surface area contributed by atoms with Crippen LogP contribution in [0.5, 0.6) is 5.88 Å². The number of fused-ring (bicyclic) bond motifs is 3. The quantitative estimate of drug-likeness (QED) is 0.280. The molecule has 5 atom stereocenters. The number of nitrogens with two attached hydrogens (primary N) is 1. The van der Waals surface area contributed by atoms with Crippen molar-refractivity contribution in [3.8, 4) is 17.7 Å². The van der Waals surface area contributed by atoms with Gasteiger partial charge in [-0.25, -0.2) is 0 Å². The van der Waals surface area contributed by atoms with Crippen molar-refractivity contribution in [3.05, 3.63) is 76.0 Å². The number of anilines is 1. The van der Waals surface area contributed by atoms with Gasteiger partial charge in [0.1, 0.15) is 12.2 Å². The molecule has 0 aliphatic heterocycles.